The van der Waals surface area contributed by atoms with Gasteiger partial charge >= 0.3 is 6.09 Å². The third-order valence-electron chi connectivity index (χ3n) is 5.47. The Bertz CT molecular complexity index is 440. The van der Waals surface area contributed by atoms with Crippen molar-refractivity contribution < 1.29 is 19.1 Å². The number of carbonyl (C=O) groups excluding carboxylic acids is 2. The van der Waals surface area contributed by atoms with E-state index in [0.29, 0.717) is 17.9 Å². The summed E-state index contributed by atoms with van der Waals surface area (Å²) in [4.78, 5) is 26.9. The summed E-state index contributed by atoms with van der Waals surface area (Å²) < 4.78 is 10.0. The van der Waals surface area contributed by atoms with Gasteiger partial charge in [-0.1, -0.05) is 20.3 Å². The maximum atomic E-state index is 13.2. The first-order chi connectivity index (χ1) is 10.9. The zero-order chi connectivity index (χ0) is 17.1. The lowest BCUT2D eigenvalue weighted by atomic mass is 9.96. The number of likely N-dealkylation sites (tertiary alicyclic amines) is 1. The average molecular weight is 326 g/mol. The molecule has 1 aliphatic carbocycles. The summed E-state index contributed by atoms with van der Waals surface area (Å²) in [5, 5.41) is 2.66. The second kappa shape index (κ2) is 7.51. The van der Waals surface area contributed by atoms with Crippen LogP contribution in [0.3, 0.4) is 0 Å². The number of fused-ring (bicyclic) bond motifs is 1. The topological polar surface area (TPSA) is 67.9 Å². The molecule has 1 saturated heterocycles. The lowest BCUT2D eigenvalue weighted by Gasteiger charge is -2.36. The predicted molar refractivity (Wildman–Crippen MR) is 87.0 cm³/mol. The van der Waals surface area contributed by atoms with Gasteiger partial charge in [-0.3, -0.25) is 4.79 Å². The summed E-state index contributed by atoms with van der Waals surface area (Å²) in [5.74, 6) is 0.960. The molecule has 2 fully saturated rings. The van der Waals surface area contributed by atoms with Crippen LogP contribution in [0.25, 0.3) is 0 Å². The predicted octanol–water partition coefficient (Wildman–Crippen LogP) is 2.17. The number of nitrogens with one attached hydrogen (secondary N) is 1. The van der Waals surface area contributed by atoms with Gasteiger partial charge in [-0.15, -0.1) is 0 Å². The maximum Gasteiger partial charge on any atom is 0.407 e. The summed E-state index contributed by atoms with van der Waals surface area (Å²) in [7, 11) is 2.85. The number of nitrogens with zero attached hydrogens (tertiary/aromatic N) is 1. The molecule has 1 aliphatic heterocycles. The van der Waals surface area contributed by atoms with E-state index in [4.69, 9.17) is 4.74 Å². The number of alkyl carbamates (subject to hydrolysis) is 1. The average Bonchev–Trinajstić information content (AvgIpc) is 3.11. The first-order valence-corrected chi connectivity index (χ1v) is 8.60. The number of hydrogen-bond acceptors (Lipinski definition) is 4. The minimum Gasteiger partial charge on any atom is -0.453 e. The maximum absolute atomic E-state index is 13.2. The highest BCUT2D eigenvalue weighted by Crippen LogP contribution is 2.43. The Labute approximate surface area is 138 Å². The van der Waals surface area contributed by atoms with Crippen LogP contribution in [0.2, 0.25) is 0 Å². The number of hydrogen-bond donors (Lipinski definition) is 1. The van der Waals surface area contributed by atoms with Crippen molar-refractivity contribution in [3.8, 4) is 0 Å². The van der Waals surface area contributed by atoms with Crippen molar-refractivity contribution in [1.29, 1.82) is 0 Å². The van der Waals surface area contributed by atoms with Gasteiger partial charge in [0.25, 0.3) is 0 Å². The number of amides is 2. The number of rotatable bonds is 5. The van der Waals surface area contributed by atoms with Crippen molar-refractivity contribution in [2.45, 2.75) is 70.7 Å². The summed E-state index contributed by atoms with van der Waals surface area (Å²) in [6.45, 7) is 6.12. The van der Waals surface area contributed by atoms with Crippen molar-refractivity contribution in [2.75, 3.05) is 14.2 Å². The van der Waals surface area contributed by atoms with Crippen LogP contribution in [0, 0.1) is 11.8 Å². The molecule has 0 aromatic rings. The van der Waals surface area contributed by atoms with Crippen molar-refractivity contribution in [2.24, 2.45) is 11.8 Å². The second-order valence-corrected chi connectivity index (χ2v) is 7.11. The summed E-state index contributed by atoms with van der Waals surface area (Å²) in [6.07, 6.45) is 3.50. The third-order valence-corrected chi connectivity index (χ3v) is 5.47. The fourth-order valence-corrected chi connectivity index (χ4v) is 4.11. The third kappa shape index (κ3) is 3.62. The molecular formula is C17H30N2O4. The highest BCUT2D eigenvalue weighted by molar-refractivity contribution is 5.87. The Balaban J connectivity index is 2.23. The summed E-state index contributed by atoms with van der Waals surface area (Å²) >= 11 is 0. The first-order valence-electron chi connectivity index (χ1n) is 8.60. The normalized spacial score (nSPS) is 29.3. The van der Waals surface area contributed by atoms with Crippen molar-refractivity contribution in [1.82, 2.24) is 10.2 Å². The van der Waals surface area contributed by atoms with E-state index in [-0.39, 0.29) is 11.9 Å². The van der Waals surface area contributed by atoms with Crippen LogP contribution >= 0.6 is 0 Å². The fraction of sp³-hybridized carbons (Fsp3) is 0.882. The molecule has 6 heteroatoms. The highest BCUT2D eigenvalue weighted by Gasteiger charge is 2.48. The van der Waals surface area contributed by atoms with E-state index in [0.717, 1.165) is 12.8 Å². The molecule has 0 spiro atoms. The van der Waals surface area contributed by atoms with E-state index in [1.54, 1.807) is 14.0 Å². The molecular weight excluding hydrogens is 296 g/mol. The monoisotopic (exact) mass is 326 g/mol. The lowest BCUT2D eigenvalue weighted by Crippen LogP contribution is -2.57. The molecule has 1 saturated carbocycles. The van der Waals surface area contributed by atoms with Gasteiger partial charge in [0.05, 0.1) is 13.2 Å². The van der Waals surface area contributed by atoms with Crippen LogP contribution in [0.15, 0.2) is 0 Å². The van der Waals surface area contributed by atoms with Gasteiger partial charge in [0.15, 0.2) is 0 Å². The molecule has 0 radical (unpaired) electrons. The Morgan fingerprint density at radius 2 is 1.87 bits per heavy atom. The number of ether oxygens (including phenoxy) is 2. The van der Waals surface area contributed by atoms with Crippen LogP contribution in [-0.2, 0) is 14.3 Å². The van der Waals surface area contributed by atoms with E-state index in [9.17, 15) is 9.59 Å². The van der Waals surface area contributed by atoms with Crippen LogP contribution in [0.4, 0.5) is 4.79 Å². The zero-order valence-electron chi connectivity index (χ0n) is 14.9. The van der Waals surface area contributed by atoms with Gasteiger partial charge in [0.2, 0.25) is 5.91 Å². The molecule has 132 valence electrons. The van der Waals surface area contributed by atoms with E-state index >= 15 is 0 Å². The molecule has 5 atom stereocenters. The van der Waals surface area contributed by atoms with Gasteiger partial charge in [-0.05, 0) is 38.0 Å². The number of methoxy groups -OCH3 is 2. The second-order valence-electron chi connectivity index (χ2n) is 7.11. The molecule has 2 rings (SSSR count). The fourth-order valence-electron chi connectivity index (χ4n) is 4.11. The molecule has 3 unspecified atom stereocenters. The van der Waals surface area contributed by atoms with Crippen LogP contribution in [0.1, 0.15) is 46.5 Å². The quantitative estimate of drug-likeness (QED) is 0.841. The molecule has 0 aromatic carbocycles. The zero-order valence-corrected chi connectivity index (χ0v) is 14.9. The lowest BCUT2D eigenvalue weighted by molar-refractivity contribution is -0.140. The van der Waals surface area contributed by atoms with Gasteiger partial charge in [-0.2, -0.15) is 0 Å². The van der Waals surface area contributed by atoms with Crippen LogP contribution in [-0.4, -0.2) is 55.3 Å². The van der Waals surface area contributed by atoms with Crippen molar-refractivity contribution >= 4 is 12.0 Å². The van der Waals surface area contributed by atoms with E-state index in [1.165, 1.54) is 20.0 Å². The van der Waals surface area contributed by atoms with E-state index in [1.807, 2.05) is 4.90 Å². The Morgan fingerprint density at radius 1 is 1.17 bits per heavy atom. The minimum absolute atomic E-state index is 0.0437. The van der Waals surface area contributed by atoms with Crippen molar-refractivity contribution in [3.05, 3.63) is 0 Å². The molecule has 0 bridgehead atoms. The molecule has 23 heavy (non-hydrogen) atoms. The van der Waals surface area contributed by atoms with E-state index < -0.39 is 18.2 Å². The molecule has 2 aliphatic rings. The first kappa shape index (κ1) is 18.0. The Hall–Kier alpha value is -1.30. The molecule has 1 N–H and O–H groups in total. The SMILES string of the molecule is COC(=O)N[C@H](C(=O)N1C(C(C)C)CC2CCCC21)[C@@H](C)OC. The Kier molecular flexibility index (Phi) is 5.89. The smallest absolute Gasteiger partial charge is 0.407 e. The summed E-state index contributed by atoms with van der Waals surface area (Å²) in [6, 6.07) is -0.169. The minimum atomic E-state index is -0.715. The highest BCUT2D eigenvalue weighted by atomic mass is 16.5. The Morgan fingerprint density at radius 3 is 2.43 bits per heavy atom. The van der Waals surface area contributed by atoms with Crippen molar-refractivity contribution in [3.63, 3.8) is 0 Å². The standard InChI is InChI=1S/C17H30N2O4/c1-10(2)14-9-12-7-6-8-13(12)19(14)16(20)15(11(3)22-4)18-17(21)23-5/h10-15H,6-9H2,1-5H3,(H,18,21)/t11-,12?,13?,14?,15+/m1/s1. The van der Waals surface area contributed by atoms with Crippen LogP contribution < -0.4 is 5.32 Å². The number of carbonyl (C=O) groups is 2. The largest absolute Gasteiger partial charge is 0.453 e. The summed E-state index contributed by atoms with van der Waals surface area (Å²) in [5.41, 5.74) is 0. The van der Waals surface area contributed by atoms with Gasteiger partial charge in [0.1, 0.15) is 6.04 Å². The van der Waals surface area contributed by atoms with Crippen LogP contribution in [0.5, 0.6) is 0 Å². The van der Waals surface area contributed by atoms with Gasteiger partial charge in [0, 0.05) is 19.2 Å². The van der Waals surface area contributed by atoms with Gasteiger partial charge in [-0.25, -0.2) is 4.79 Å². The molecule has 6 nitrogen and oxygen atoms in total. The molecule has 0 aromatic heterocycles. The van der Waals surface area contributed by atoms with E-state index in [2.05, 4.69) is 23.9 Å². The van der Waals surface area contributed by atoms with Gasteiger partial charge < -0.3 is 19.7 Å². The molecule has 2 amide bonds. The molecule has 1 heterocycles.